The third-order valence-corrected chi connectivity index (χ3v) is 4.09. The largest absolute Gasteiger partial charge is 0.446 e. The molecule has 1 heterocycles. The van der Waals surface area contributed by atoms with Crippen molar-refractivity contribution in [3.63, 3.8) is 0 Å². The number of hydrogen-bond acceptors (Lipinski definition) is 3. The molecular formula is C17H21NO3. The highest BCUT2D eigenvalue weighted by Gasteiger charge is 2.39. The molecule has 0 bridgehead atoms. The van der Waals surface area contributed by atoms with Crippen LogP contribution in [0.5, 0.6) is 0 Å². The van der Waals surface area contributed by atoms with Crippen LogP contribution in [0.3, 0.4) is 0 Å². The lowest BCUT2D eigenvalue weighted by molar-refractivity contribution is -0.130. The van der Waals surface area contributed by atoms with Crippen LogP contribution in [0.1, 0.15) is 31.9 Å². The Bertz CT molecular complexity index is 526. The zero-order valence-corrected chi connectivity index (χ0v) is 12.5. The fraction of sp³-hybridized carbons (Fsp3) is 0.412. The molecular weight excluding hydrogens is 266 g/mol. The van der Waals surface area contributed by atoms with Crippen LogP contribution in [0.15, 0.2) is 43.0 Å². The summed E-state index contributed by atoms with van der Waals surface area (Å²) in [5.41, 5.74) is 0.918. The molecule has 4 nitrogen and oxygen atoms in total. The second kappa shape index (κ2) is 6.57. The van der Waals surface area contributed by atoms with E-state index < -0.39 is 6.09 Å². The van der Waals surface area contributed by atoms with Gasteiger partial charge in [-0.2, -0.15) is 0 Å². The van der Waals surface area contributed by atoms with Gasteiger partial charge in [0.2, 0.25) is 5.91 Å². The number of benzene rings is 1. The number of amides is 2. The zero-order chi connectivity index (χ0) is 15.4. The lowest BCUT2D eigenvalue weighted by Crippen LogP contribution is -2.35. The number of ether oxygens (including phenoxy) is 1. The number of carbonyl (C=O) groups excluding carboxylic acids is 2. The third-order valence-electron chi connectivity index (χ3n) is 4.09. The van der Waals surface area contributed by atoms with Crippen LogP contribution in [0, 0.1) is 11.8 Å². The monoisotopic (exact) mass is 287 g/mol. The van der Waals surface area contributed by atoms with Crippen molar-refractivity contribution in [1.82, 2.24) is 4.90 Å². The van der Waals surface area contributed by atoms with E-state index in [0.29, 0.717) is 6.42 Å². The van der Waals surface area contributed by atoms with Crippen molar-refractivity contribution < 1.29 is 14.3 Å². The van der Waals surface area contributed by atoms with Gasteiger partial charge in [0.25, 0.3) is 0 Å². The Kier molecular flexibility index (Phi) is 4.78. The van der Waals surface area contributed by atoms with Crippen molar-refractivity contribution in [2.45, 2.75) is 26.3 Å². The van der Waals surface area contributed by atoms with E-state index in [0.717, 1.165) is 5.56 Å². The number of rotatable bonds is 5. The fourth-order valence-electron chi connectivity index (χ4n) is 2.41. The molecule has 1 aliphatic rings. The number of cyclic esters (lactones) is 1. The predicted octanol–water partition coefficient (Wildman–Crippen LogP) is 3.55. The lowest BCUT2D eigenvalue weighted by atomic mass is 9.92. The van der Waals surface area contributed by atoms with Gasteiger partial charge in [0, 0.05) is 6.42 Å². The van der Waals surface area contributed by atoms with Crippen LogP contribution in [0.2, 0.25) is 0 Å². The van der Waals surface area contributed by atoms with Crippen molar-refractivity contribution in [3.8, 4) is 0 Å². The molecule has 0 aliphatic carbocycles. The van der Waals surface area contributed by atoms with Crippen LogP contribution < -0.4 is 0 Å². The molecule has 112 valence electrons. The van der Waals surface area contributed by atoms with E-state index in [-0.39, 0.29) is 30.4 Å². The summed E-state index contributed by atoms with van der Waals surface area (Å²) in [6, 6.07) is 9.18. The van der Waals surface area contributed by atoms with Gasteiger partial charge in [0.05, 0.1) is 0 Å². The molecule has 1 aliphatic heterocycles. The highest BCUT2D eigenvalue weighted by atomic mass is 16.6. The second-order valence-corrected chi connectivity index (χ2v) is 5.54. The number of nitrogens with zero attached hydrogens (tertiary/aromatic N) is 1. The highest BCUT2D eigenvalue weighted by Crippen LogP contribution is 2.29. The Morgan fingerprint density at radius 3 is 2.71 bits per heavy atom. The standard InChI is InChI=1S/C17H21NO3/c1-4-12(2)13(3)10-16(19)18-15(11-21-17(18)20)14-8-6-5-7-9-14/h4-9,12-13,15H,1,10-11H2,2-3H3/t12-,13+,15-/m1/s1. The summed E-state index contributed by atoms with van der Waals surface area (Å²) in [6.45, 7) is 7.97. The van der Waals surface area contributed by atoms with E-state index in [2.05, 4.69) is 6.58 Å². The van der Waals surface area contributed by atoms with Gasteiger partial charge in [0.15, 0.2) is 0 Å². The summed E-state index contributed by atoms with van der Waals surface area (Å²) in [7, 11) is 0. The number of allylic oxidation sites excluding steroid dienone is 1. The first-order valence-electron chi connectivity index (χ1n) is 7.21. The SMILES string of the molecule is C=C[C@@H](C)[C@@H](C)CC(=O)N1C(=O)OC[C@@H]1c1ccccc1. The van der Waals surface area contributed by atoms with Crippen LogP contribution >= 0.6 is 0 Å². The smallest absolute Gasteiger partial charge is 0.417 e. The minimum atomic E-state index is -0.549. The van der Waals surface area contributed by atoms with E-state index in [1.165, 1.54) is 4.90 Å². The summed E-state index contributed by atoms with van der Waals surface area (Å²) in [6.07, 6.45) is 1.59. The lowest BCUT2D eigenvalue weighted by Gasteiger charge is -2.23. The van der Waals surface area contributed by atoms with Gasteiger partial charge in [0.1, 0.15) is 12.6 Å². The second-order valence-electron chi connectivity index (χ2n) is 5.54. The van der Waals surface area contributed by atoms with Crippen LogP contribution in [-0.2, 0) is 9.53 Å². The molecule has 0 aromatic heterocycles. The van der Waals surface area contributed by atoms with Crippen molar-refractivity contribution >= 4 is 12.0 Å². The van der Waals surface area contributed by atoms with Gasteiger partial charge >= 0.3 is 6.09 Å². The van der Waals surface area contributed by atoms with Gasteiger partial charge in [-0.15, -0.1) is 6.58 Å². The number of imide groups is 1. The fourth-order valence-corrected chi connectivity index (χ4v) is 2.41. The zero-order valence-electron chi connectivity index (χ0n) is 12.5. The van der Waals surface area contributed by atoms with Crippen molar-refractivity contribution in [1.29, 1.82) is 0 Å². The van der Waals surface area contributed by atoms with Crippen LogP contribution in [0.4, 0.5) is 4.79 Å². The molecule has 3 atom stereocenters. The molecule has 1 saturated heterocycles. The molecule has 1 fully saturated rings. The van der Waals surface area contributed by atoms with Gasteiger partial charge in [-0.05, 0) is 17.4 Å². The van der Waals surface area contributed by atoms with E-state index in [4.69, 9.17) is 4.74 Å². The summed E-state index contributed by atoms with van der Waals surface area (Å²) in [5, 5.41) is 0. The molecule has 1 aromatic carbocycles. The van der Waals surface area contributed by atoms with E-state index >= 15 is 0 Å². The first-order chi connectivity index (χ1) is 10.0. The van der Waals surface area contributed by atoms with E-state index in [1.54, 1.807) is 0 Å². The molecule has 0 spiro atoms. The first-order valence-corrected chi connectivity index (χ1v) is 7.21. The summed E-state index contributed by atoms with van der Waals surface area (Å²) < 4.78 is 5.07. The van der Waals surface area contributed by atoms with E-state index in [1.807, 2.05) is 50.3 Å². The highest BCUT2D eigenvalue weighted by molar-refractivity contribution is 5.93. The Morgan fingerprint density at radius 1 is 1.43 bits per heavy atom. The minimum absolute atomic E-state index is 0.139. The maximum atomic E-state index is 12.5. The molecule has 4 heteroatoms. The van der Waals surface area contributed by atoms with Gasteiger partial charge in [-0.1, -0.05) is 50.3 Å². The molecule has 0 radical (unpaired) electrons. The molecule has 2 amide bonds. The first kappa shape index (κ1) is 15.3. The van der Waals surface area contributed by atoms with Crippen LogP contribution in [0.25, 0.3) is 0 Å². The Balaban J connectivity index is 2.13. The molecule has 0 saturated carbocycles. The van der Waals surface area contributed by atoms with Crippen LogP contribution in [-0.4, -0.2) is 23.5 Å². The van der Waals surface area contributed by atoms with Crippen molar-refractivity contribution in [2.24, 2.45) is 11.8 Å². The summed E-state index contributed by atoms with van der Waals surface area (Å²) >= 11 is 0. The third kappa shape index (κ3) is 3.32. The number of carbonyl (C=O) groups is 2. The maximum Gasteiger partial charge on any atom is 0.417 e. The predicted molar refractivity (Wildman–Crippen MR) is 80.5 cm³/mol. The minimum Gasteiger partial charge on any atom is -0.446 e. The number of hydrogen-bond donors (Lipinski definition) is 0. The Hall–Kier alpha value is -2.10. The van der Waals surface area contributed by atoms with Gasteiger partial charge in [-0.25, -0.2) is 9.69 Å². The molecule has 2 rings (SSSR count). The van der Waals surface area contributed by atoms with Crippen molar-refractivity contribution in [2.75, 3.05) is 6.61 Å². The summed E-state index contributed by atoms with van der Waals surface area (Å²) in [5.74, 6) is 0.176. The average molecular weight is 287 g/mol. The van der Waals surface area contributed by atoms with Gasteiger partial charge < -0.3 is 4.74 Å². The van der Waals surface area contributed by atoms with Crippen molar-refractivity contribution in [3.05, 3.63) is 48.6 Å². The van der Waals surface area contributed by atoms with Gasteiger partial charge in [-0.3, -0.25) is 4.79 Å². The molecule has 0 unspecified atom stereocenters. The Labute approximate surface area is 125 Å². The normalized spacial score (nSPS) is 20.8. The average Bonchev–Trinajstić information content (AvgIpc) is 2.89. The molecule has 21 heavy (non-hydrogen) atoms. The maximum absolute atomic E-state index is 12.5. The molecule has 1 aromatic rings. The van der Waals surface area contributed by atoms with E-state index in [9.17, 15) is 9.59 Å². The quantitative estimate of drug-likeness (QED) is 0.778. The molecule has 0 N–H and O–H groups in total. The topological polar surface area (TPSA) is 46.6 Å². The Morgan fingerprint density at radius 2 is 2.10 bits per heavy atom. The summed E-state index contributed by atoms with van der Waals surface area (Å²) in [4.78, 5) is 25.6.